The van der Waals surface area contributed by atoms with Gasteiger partial charge in [0.25, 0.3) is 0 Å². The average Bonchev–Trinajstić information content (AvgIpc) is 2.19. The highest BCUT2D eigenvalue weighted by Crippen LogP contribution is 2.22. The molecule has 0 heterocycles. The Bertz CT molecular complexity index is 111. The summed E-state index contributed by atoms with van der Waals surface area (Å²) < 4.78 is 0. The molecule has 0 saturated heterocycles. The number of hydrogen-bond acceptors (Lipinski definition) is 1. The van der Waals surface area contributed by atoms with E-state index in [0.717, 1.165) is 5.92 Å². The van der Waals surface area contributed by atoms with Crippen molar-refractivity contribution in [1.82, 2.24) is 6.15 Å². The molecule has 1 fully saturated rings. The molecule has 0 aromatic heterocycles. The molecule has 0 aromatic carbocycles. The predicted octanol–water partition coefficient (Wildman–Crippen LogP) is 5.48. The quantitative estimate of drug-likeness (QED) is 0.615. The van der Waals surface area contributed by atoms with E-state index in [2.05, 4.69) is 6.92 Å². The zero-order valence-electron chi connectivity index (χ0n) is 10.8. The first-order valence-electron chi connectivity index (χ1n) is 6.93. The van der Waals surface area contributed by atoms with E-state index in [1.54, 1.807) is 0 Å². The molecule has 1 aliphatic carbocycles. The molecule has 92 valence electrons. The summed E-state index contributed by atoms with van der Waals surface area (Å²) in [4.78, 5) is 0. The third-order valence-electron chi connectivity index (χ3n) is 3.80. The van der Waals surface area contributed by atoms with Gasteiger partial charge in [-0.05, 0) is 5.92 Å². The average molecular weight is 213 g/mol. The largest absolute Gasteiger partial charge is 0.344 e. The molecule has 1 heteroatoms. The second-order valence-electron chi connectivity index (χ2n) is 5.03. The predicted molar refractivity (Wildman–Crippen MR) is 69.6 cm³/mol. The molecule has 15 heavy (non-hydrogen) atoms. The first kappa shape index (κ1) is 15.0. The van der Waals surface area contributed by atoms with Crippen LogP contribution >= 0.6 is 0 Å². The normalized spacial score (nSPS) is 22.2. The van der Waals surface area contributed by atoms with Crippen molar-refractivity contribution in [3.63, 3.8) is 0 Å². The van der Waals surface area contributed by atoms with Crippen LogP contribution in [-0.4, -0.2) is 0 Å². The standard InChI is InChI=1S/C14H28.H3N/c1-2-14-12-10-8-6-4-3-5-7-9-11-13-14;/h14H,2-13H2,1H3;1H3. The van der Waals surface area contributed by atoms with Gasteiger partial charge in [0.2, 0.25) is 0 Å². The van der Waals surface area contributed by atoms with Gasteiger partial charge in [-0.1, -0.05) is 84.0 Å². The molecule has 0 bridgehead atoms. The Labute approximate surface area is 96.6 Å². The van der Waals surface area contributed by atoms with Crippen molar-refractivity contribution in [2.45, 2.75) is 84.0 Å². The lowest BCUT2D eigenvalue weighted by Gasteiger charge is -2.15. The minimum absolute atomic E-state index is 0. The molecule has 0 aliphatic heterocycles. The summed E-state index contributed by atoms with van der Waals surface area (Å²) in [6, 6.07) is 0. The summed E-state index contributed by atoms with van der Waals surface area (Å²) in [6.45, 7) is 2.37. The molecule has 0 atom stereocenters. The van der Waals surface area contributed by atoms with Crippen LogP contribution in [0.15, 0.2) is 0 Å². The Kier molecular flexibility index (Phi) is 10.4. The summed E-state index contributed by atoms with van der Waals surface area (Å²) >= 11 is 0. The van der Waals surface area contributed by atoms with Gasteiger partial charge >= 0.3 is 0 Å². The van der Waals surface area contributed by atoms with Gasteiger partial charge in [0.15, 0.2) is 0 Å². The van der Waals surface area contributed by atoms with E-state index in [0.29, 0.717) is 0 Å². The van der Waals surface area contributed by atoms with Crippen LogP contribution in [0.4, 0.5) is 0 Å². The van der Waals surface area contributed by atoms with Gasteiger partial charge in [0, 0.05) is 0 Å². The molecule has 1 aliphatic rings. The minimum atomic E-state index is 0. The maximum atomic E-state index is 2.37. The van der Waals surface area contributed by atoms with Crippen LogP contribution in [-0.2, 0) is 0 Å². The zero-order valence-corrected chi connectivity index (χ0v) is 10.8. The Morgan fingerprint density at radius 1 is 0.667 bits per heavy atom. The van der Waals surface area contributed by atoms with E-state index in [1.807, 2.05) is 0 Å². The molecule has 0 spiro atoms. The molecule has 3 N–H and O–H groups in total. The third kappa shape index (κ3) is 7.84. The molecule has 1 nitrogen and oxygen atoms in total. The van der Waals surface area contributed by atoms with E-state index in [4.69, 9.17) is 0 Å². The van der Waals surface area contributed by atoms with Crippen molar-refractivity contribution in [2.75, 3.05) is 0 Å². The van der Waals surface area contributed by atoms with Crippen LogP contribution in [0.25, 0.3) is 0 Å². The van der Waals surface area contributed by atoms with Gasteiger partial charge in [-0.2, -0.15) is 0 Å². The molecular weight excluding hydrogens is 182 g/mol. The number of hydrogen-bond donors (Lipinski definition) is 1. The van der Waals surface area contributed by atoms with Crippen molar-refractivity contribution in [2.24, 2.45) is 5.92 Å². The topological polar surface area (TPSA) is 35.0 Å². The fourth-order valence-corrected chi connectivity index (χ4v) is 2.66. The lowest BCUT2D eigenvalue weighted by atomic mass is 9.91. The highest BCUT2D eigenvalue weighted by atomic mass is 14.1. The Morgan fingerprint density at radius 2 is 1.00 bits per heavy atom. The van der Waals surface area contributed by atoms with Crippen LogP contribution in [0, 0.1) is 5.92 Å². The summed E-state index contributed by atoms with van der Waals surface area (Å²) in [5, 5.41) is 0. The van der Waals surface area contributed by atoms with E-state index in [-0.39, 0.29) is 6.15 Å². The van der Waals surface area contributed by atoms with E-state index in [9.17, 15) is 0 Å². The van der Waals surface area contributed by atoms with Crippen molar-refractivity contribution >= 4 is 0 Å². The van der Waals surface area contributed by atoms with Gasteiger partial charge < -0.3 is 6.15 Å². The molecule has 0 unspecified atom stereocenters. The summed E-state index contributed by atoms with van der Waals surface area (Å²) in [5.74, 6) is 1.05. The highest BCUT2D eigenvalue weighted by Gasteiger charge is 2.06. The van der Waals surface area contributed by atoms with Crippen LogP contribution < -0.4 is 6.15 Å². The van der Waals surface area contributed by atoms with E-state index < -0.39 is 0 Å². The number of rotatable bonds is 1. The fourth-order valence-electron chi connectivity index (χ4n) is 2.66. The second kappa shape index (κ2) is 10.5. The highest BCUT2D eigenvalue weighted by molar-refractivity contribution is 4.60. The van der Waals surface area contributed by atoms with Gasteiger partial charge in [-0.25, -0.2) is 0 Å². The van der Waals surface area contributed by atoms with Crippen molar-refractivity contribution in [3.05, 3.63) is 0 Å². The van der Waals surface area contributed by atoms with Crippen molar-refractivity contribution in [3.8, 4) is 0 Å². The Morgan fingerprint density at radius 3 is 1.33 bits per heavy atom. The summed E-state index contributed by atoms with van der Waals surface area (Å²) in [7, 11) is 0. The Balaban J connectivity index is 0.00000196. The molecule has 0 amide bonds. The van der Waals surface area contributed by atoms with Crippen molar-refractivity contribution in [1.29, 1.82) is 0 Å². The molecule has 0 aromatic rings. The van der Waals surface area contributed by atoms with Crippen LogP contribution in [0.3, 0.4) is 0 Å². The second-order valence-corrected chi connectivity index (χ2v) is 5.03. The monoisotopic (exact) mass is 213 g/mol. The maximum absolute atomic E-state index is 2.37. The molecule has 0 radical (unpaired) electrons. The summed E-state index contributed by atoms with van der Waals surface area (Å²) in [6.07, 6.45) is 17.9. The SMILES string of the molecule is CCC1CCCCCCCCCCC1.N. The third-order valence-corrected chi connectivity index (χ3v) is 3.80. The maximum Gasteiger partial charge on any atom is -0.0417 e. The Hall–Kier alpha value is -0.0400. The van der Waals surface area contributed by atoms with E-state index >= 15 is 0 Å². The molecule has 1 rings (SSSR count). The fraction of sp³-hybridized carbons (Fsp3) is 1.00. The van der Waals surface area contributed by atoms with Gasteiger partial charge in [-0.15, -0.1) is 0 Å². The molecule has 1 saturated carbocycles. The smallest absolute Gasteiger partial charge is 0.0417 e. The summed E-state index contributed by atoms with van der Waals surface area (Å²) in [5.41, 5.74) is 0. The van der Waals surface area contributed by atoms with Crippen LogP contribution in [0.5, 0.6) is 0 Å². The lowest BCUT2D eigenvalue weighted by molar-refractivity contribution is 0.385. The van der Waals surface area contributed by atoms with Crippen LogP contribution in [0.1, 0.15) is 84.0 Å². The van der Waals surface area contributed by atoms with Gasteiger partial charge in [-0.3, -0.25) is 0 Å². The van der Waals surface area contributed by atoms with E-state index in [1.165, 1.54) is 77.0 Å². The van der Waals surface area contributed by atoms with Crippen LogP contribution in [0.2, 0.25) is 0 Å². The van der Waals surface area contributed by atoms with Crippen molar-refractivity contribution < 1.29 is 0 Å². The molecular formula is C14H31N. The minimum Gasteiger partial charge on any atom is -0.344 e. The van der Waals surface area contributed by atoms with Gasteiger partial charge in [0.1, 0.15) is 0 Å². The first-order chi connectivity index (χ1) is 6.93. The first-order valence-corrected chi connectivity index (χ1v) is 6.93. The van der Waals surface area contributed by atoms with Gasteiger partial charge in [0.05, 0.1) is 0 Å². The lowest BCUT2D eigenvalue weighted by Crippen LogP contribution is -1.99. The zero-order chi connectivity index (χ0) is 10.1.